The van der Waals surface area contributed by atoms with Crippen LogP contribution in [0.5, 0.6) is 0 Å². The molecule has 0 aromatic rings. The maximum Gasteiger partial charge on any atom is 0.0105 e. The summed E-state index contributed by atoms with van der Waals surface area (Å²) in [6.07, 6.45) is 9.55. The highest BCUT2D eigenvalue weighted by molar-refractivity contribution is 4.84. The standard InChI is InChI=1S/C17H36N2/c1-5-7-11-19(12-8-6-2)14-16-13-15(3)9-10-17(16)18-4/h15-18H,5-14H2,1-4H3. The van der Waals surface area contributed by atoms with Crippen molar-refractivity contribution in [2.45, 2.75) is 71.8 Å². The van der Waals surface area contributed by atoms with Crippen LogP contribution in [0.1, 0.15) is 65.7 Å². The second kappa shape index (κ2) is 9.77. The van der Waals surface area contributed by atoms with E-state index in [4.69, 9.17) is 0 Å². The Balaban J connectivity index is 2.48. The second-order valence-electron chi connectivity index (χ2n) is 6.58. The molecule has 3 unspecified atom stereocenters. The molecule has 2 nitrogen and oxygen atoms in total. The Morgan fingerprint density at radius 1 is 1.05 bits per heavy atom. The van der Waals surface area contributed by atoms with Crippen LogP contribution in [-0.4, -0.2) is 37.6 Å². The number of hydrogen-bond acceptors (Lipinski definition) is 2. The van der Waals surface area contributed by atoms with Crippen molar-refractivity contribution in [1.29, 1.82) is 0 Å². The number of hydrogen-bond donors (Lipinski definition) is 1. The highest BCUT2D eigenvalue weighted by Crippen LogP contribution is 2.29. The molecule has 0 saturated heterocycles. The summed E-state index contributed by atoms with van der Waals surface area (Å²) in [6.45, 7) is 11.0. The molecule has 114 valence electrons. The summed E-state index contributed by atoms with van der Waals surface area (Å²) in [6, 6.07) is 0.752. The SMILES string of the molecule is CCCCN(CCCC)CC1CC(C)CCC1NC. The van der Waals surface area contributed by atoms with Gasteiger partial charge >= 0.3 is 0 Å². The number of nitrogens with one attached hydrogen (secondary N) is 1. The smallest absolute Gasteiger partial charge is 0.0105 e. The Hall–Kier alpha value is -0.0800. The lowest BCUT2D eigenvalue weighted by atomic mass is 9.78. The fourth-order valence-corrected chi connectivity index (χ4v) is 3.47. The van der Waals surface area contributed by atoms with E-state index in [1.165, 1.54) is 64.6 Å². The first-order valence-electron chi connectivity index (χ1n) is 8.60. The summed E-state index contributed by atoms with van der Waals surface area (Å²) in [4.78, 5) is 2.74. The van der Waals surface area contributed by atoms with Crippen LogP contribution >= 0.6 is 0 Å². The molecule has 1 saturated carbocycles. The molecule has 1 aliphatic carbocycles. The van der Waals surface area contributed by atoms with Gasteiger partial charge in [-0.3, -0.25) is 0 Å². The molecule has 1 fully saturated rings. The first-order valence-corrected chi connectivity index (χ1v) is 8.60. The summed E-state index contributed by atoms with van der Waals surface area (Å²) in [5.74, 6) is 1.79. The maximum atomic E-state index is 3.57. The number of rotatable bonds is 9. The lowest BCUT2D eigenvalue weighted by molar-refractivity contribution is 0.146. The van der Waals surface area contributed by atoms with Crippen molar-refractivity contribution in [3.8, 4) is 0 Å². The Bertz CT molecular complexity index is 209. The van der Waals surface area contributed by atoms with Crippen LogP contribution in [0.15, 0.2) is 0 Å². The third-order valence-electron chi connectivity index (χ3n) is 4.76. The molecule has 1 N–H and O–H groups in total. The summed E-state index contributed by atoms with van der Waals surface area (Å²) >= 11 is 0. The molecule has 0 heterocycles. The molecule has 0 aliphatic heterocycles. The topological polar surface area (TPSA) is 15.3 Å². The van der Waals surface area contributed by atoms with E-state index in [-0.39, 0.29) is 0 Å². The lowest BCUT2D eigenvalue weighted by Gasteiger charge is -2.38. The Kier molecular flexibility index (Phi) is 8.72. The van der Waals surface area contributed by atoms with Crippen molar-refractivity contribution < 1.29 is 0 Å². The maximum absolute atomic E-state index is 3.57. The van der Waals surface area contributed by atoms with Gasteiger partial charge in [-0.25, -0.2) is 0 Å². The minimum Gasteiger partial charge on any atom is -0.317 e. The van der Waals surface area contributed by atoms with Gasteiger partial charge in [0.2, 0.25) is 0 Å². The van der Waals surface area contributed by atoms with E-state index in [2.05, 4.69) is 38.0 Å². The van der Waals surface area contributed by atoms with Gasteiger partial charge in [0.1, 0.15) is 0 Å². The molecular formula is C17H36N2. The molecule has 2 heteroatoms. The molecule has 19 heavy (non-hydrogen) atoms. The van der Waals surface area contributed by atoms with Crippen molar-refractivity contribution in [2.75, 3.05) is 26.7 Å². The fraction of sp³-hybridized carbons (Fsp3) is 1.00. The predicted molar refractivity (Wildman–Crippen MR) is 85.6 cm³/mol. The van der Waals surface area contributed by atoms with Gasteiger partial charge in [-0.05, 0) is 64.1 Å². The number of unbranched alkanes of at least 4 members (excludes halogenated alkanes) is 2. The average molecular weight is 268 g/mol. The number of nitrogens with zero attached hydrogens (tertiary/aromatic N) is 1. The van der Waals surface area contributed by atoms with Gasteiger partial charge in [0.25, 0.3) is 0 Å². The van der Waals surface area contributed by atoms with Crippen LogP contribution in [0, 0.1) is 11.8 Å². The van der Waals surface area contributed by atoms with Crippen LogP contribution < -0.4 is 5.32 Å². The first-order chi connectivity index (χ1) is 9.21. The summed E-state index contributed by atoms with van der Waals surface area (Å²) in [5.41, 5.74) is 0. The van der Waals surface area contributed by atoms with E-state index in [9.17, 15) is 0 Å². The minimum atomic E-state index is 0.752. The second-order valence-corrected chi connectivity index (χ2v) is 6.58. The van der Waals surface area contributed by atoms with Gasteiger partial charge in [-0.2, -0.15) is 0 Å². The van der Waals surface area contributed by atoms with E-state index >= 15 is 0 Å². The molecule has 0 aromatic carbocycles. The molecular weight excluding hydrogens is 232 g/mol. The van der Waals surface area contributed by atoms with E-state index in [0.29, 0.717) is 0 Å². The van der Waals surface area contributed by atoms with Gasteiger partial charge in [0, 0.05) is 12.6 Å². The largest absolute Gasteiger partial charge is 0.317 e. The van der Waals surface area contributed by atoms with Gasteiger partial charge < -0.3 is 10.2 Å². The van der Waals surface area contributed by atoms with Crippen LogP contribution in [0.4, 0.5) is 0 Å². The summed E-state index contributed by atoms with van der Waals surface area (Å²) in [5, 5.41) is 3.57. The monoisotopic (exact) mass is 268 g/mol. The zero-order chi connectivity index (χ0) is 14.1. The Morgan fingerprint density at radius 2 is 1.68 bits per heavy atom. The molecule has 0 aromatic heterocycles. The van der Waals surface area contributed by atoms with Crippen LogP contribution in [0.3, 0.4) is 0 Å². The van der Waals surface area contributed by atoms with E-state index in [1.807, 2.05) is 0 Å². The lowest BCUT2D eigenvalue weighted by Crippen LogP contribution is -2.44. The van der Waals surface area contributed by atoms with Gasteiger partial charge in [0.15, 0.2) is 0 Å². The van der Waals surface area contributed by atoms with Crippen molar-refractivity contribution in [1.82, 2.24) is 10.2 Å². The third kappa shape index (κ3) is 6.27. The van der Waals surface area contributed by atoms with Crippen LogP contribution in [-0.2, 0) is 0 Å². The first kappa shape index (κ1) is 17.0. The van der Waals surface area contributed by atoms with E-state index < -0.39 is 0 Å². The Morgan fingerprint density at radius 3 is 2.21 bits per heavy atom. The Labute approximate surface area is 121 Å². The van der Waals surface area contributed by atoms with Crippen molar-refractivity contribution in [3.63, 3.8) is 0 Å². The normalized spacial score (nSPS) is 27.9. The average Bonchev–Trinajstić information content (AvgIpc) is 2.42. The summed E-state index contributed by atoms with van der Waals surface area (Å²) in [7, 11) is 2.15. The van der Waals surface area contributed by atoms with E-state index in [1.54, 1.807) is 0 Å². The van der Waals surface area contributed by atoms with Crippen molar-refractivity contribution in [2.24, 2.45) is 11.8 Å². The zero-order valence-electron chi connectivity index (χ0n) is 13.8. The molecule has 0 bridgehead atoms. The molecule has 0 spiro atoms. The molecule has 0 radical (unpaired) electrons. The quantitative estimate of drug-likeness (QED) is 0.682. The van der Waals surface area contributed by atoms with Crippen LogP contribution in [0.2, 0.25) is 0 Å². The van der Waals surface area contributed by atoms with Gasteiger partial charge in [-0.15, -0.1) is 0 Å². The predicted octanol–water partition coefficient (Wildman–Crippen LogP) is 3.91. The molecule has 3 atom stereocenters. The molecule has 0 amide bonds. The third-order valence-corrected chi connectivity index (χ3v) is 4.76. The van der Waals surface area contributed by atoms with Gasteiger partial charge in [0.05, 0.1) is 0 Å². The van der Waals surface area contributed by atoms with Gasteiger partial charge in [-0.1, -0.05) is 33.6 Å². The highest BCUT2D eigenvalue weighted by Gasteiger charge is 2.28. The van der Waals surface area contributed by atoms with E-state index in [0.717, 1.165) is 17.9 Å². The minimum absolute atomic E-state index is 0.752. The highest BCUT2D eigenvalue weighted by atomic mass is 15.1. The van der Waals surface area contributed by atoms with Crippen molar-refractivity contribution in [3.05, 3.63) is 0 Å². The van der Waals surface area contributed by atoms with Crippen LogP contribution in [0.25, 0.3) is 0 Å². The molecule has 1 aliphatic rings. The molecule has 1 rings (SSSR count). The van der Waals surface area contributed by atoms with Crippen molar-refractivity contribution >= 4 is 0 Å². The zero-order valence-corrected chi connectivity index (χ0v) is 13.8. The summed E-state index contributed by atoms with van der Waals surface area (Å²) < 4.78 is 0. The fourth-order valence-electron chi connectivity index (χ4n) is 3.47.